The summed E-state index contributed by atoms with van der Waals surface area (Å²) in [4.78, 5) is 0. The average molecular weight is 579 g/mol. The van der Waals surface area contributed by atoms with Crippen LogP contribution in [0.5, 0.6) is 0 Å². The van der Waals surface area contributed by atoms with Gasteiger partial charge in [0.05, 0.1) is 5.56 Å². The van der Waals surface area contributed by atoms with Gasteiger partial charge in [-0.25, -0.2) is 0 Å². The van der Waals surface area contributed by atoms with Crippen LogP contribution in [0, 0.1) is 5.92 Å². The highest BCUT2D eigenvalue weighted by Crippen LogP contribution is 2.39. The summed E-state index contributed by atoms with van der Waals surface area (Å²) in [7, 11) is 0. The predicted molar refractivity (Wildman–Crippen MR) is 188 cm³/mol. The van der Waals surface area contributed by atoms with Crippen LogP contribution in [0.1, 0.15) is 77.0 Å². The van der Waals surface area contributed by atoms with Gasteiger partial charge in [0.2, 0.25) is 5.69 Å². The Kier molecular flexibility index (Phi) is 8.85. The normalized spacial score (nSPS) is 13.5. The molecular weight excluding hydrogens is 530 g/mol. The number of aromatic nitrogens is 1. The number of fused-ring (bicyclic) bond motifs is 3. The summed E-state index contributed by atoms with van der Waals surface area (Å²) >= 11 is 0. The molecule has 224 valence electrons. The molecule has 0 atom stereocenters. The van der Waals surface area contributed by atoms with Crippen molar-refractivity contribution in [3.05, 3.63) is 126 Å². The summed E-state index contributed by atoms with van der Waals surface area (Å²) in [6.45, 7) is 11.6. The van der Waals surface area contributed by atoms with Gasteiger partial charge in [-0.15, -0.1) is 0 Å². The molecule has 0 N–H and O–H groups in total. The van der Waals surface area contributed by atoms with Crippen LogP contribution in [0.3, 0.4) is 0 Å². The van der Waals surface area contributed by atoms with E-state index in [4.69, 9.17) is 0 Å². The SMILES string of the molecule is CCCCc1ccc(-c2ccc(-c3ccc(-c4ccc5c(c4)-c4cc(CC(C)C)cc[n+]4C(CC)(CC)C5)cc3)cc2)cc1. The summed E-state index contributed by atoms with van der Waals surface area (Å²) in [5.74, 6) is 0.645. The van der Waals surface area contributed by atoms with Crippen molar-refractivity contribution in [1.82, 2.24) is 0 Å². The van der Waals surface area contributed by atoms with Crippen molar-refractivity contribution in [2.24, 2.45) is 5.92 Å². The molecule has 0 fully saturated rings. The third-order valence-electron chi connectivity index (χ3n) is 9.94. The van der Waals surface area contributed by atoms with Crippen molar-refractivity contribution in [3.63, 3.8) is 0 Å². The molecule has 0 spiro atoms. The van der Waals surface area contributed by atoms with E-state index in [1.165, 1.54) is 80.6 Å². The lowest BCUT2D eigenvalue weighted by Crippen LogP contribution is -2.60. The maximum atomic E-state index is 2.59. The number of unbranched alkanes of at least 4 members (excludes halogenated alkanes) is 1. The summed E-state index contributed by atoms with van der Waals surface area (Å²) in [6, 6.07) is 39.2. The number of pyridine rings is 1. The van der Waals surface area contributed by atoms with Gasteiger partial charge in [0.25, 0.3) is 0 Å². The van der Waals surface area contributed by atoms with E-state index in [0.29, 0.717) is 5.92 Å². The van der Waals surface area contributed by atoms with E-state index in [1.807, 2.05) is 0 Å². The van der Waals surface area contributed by atoms with Gasteiger partial charge in [-0.05, 0) is 81.3 Å². The van der Waals surface area contributed by atoms with Crippen LogP contribution in [0.15, 0.2) is 109 Å². The fraction of sp³-hybridized carbons (Fsp3) is 0.326. The Morgan fingerprint density at radius 1 is 0.614 bits per heavy atom. The molecule has 0 bridgehead atoms. The number of aryl methyl sites for hydroxylation is 1. The molecule has 0 saturated carbocycles. The molecule has 44 heavy (non-hydrogen) atoms. The van der Waals surface area contributed by atoms with E-state index >= 15 is 0 Å². The molecule has 0 saturated heterocycles. The first-order valence-corrected chi connectivity index (χ1v) is 16.9. The highest BCUT2D eigenvalue weighted by Gasteiger charge is 2.43. The van der Waals surface area contributed by atoms with Crippen molar-refractivity contribution in [2.75, 3.05) is 0 Å². The van der Waals surface area contributed by atoms with Crippen LogP contribution < -0.4 is 4.57 Å². The van der Waals surface area contributed by atoms with Gasteiger partial charge in [-0.2, -0.15) is 4.57 Å². The number of hydrogen-bond donors (Lipinski definition) is 0. The van der Waals surface area contributed by atoms with Crippen molar-refractivity contribution in [2.45, 2.75) is 85.1 Å². The third kappa shape index (κ3) is 6.03. The smallest absolute Gasteiger partial charge is 0.193 e. The minimum atomic E-state index is 0.148. The Hall–Kier alpha value is -3.97. The quantitative estimate of drug-likeness (QED) is 0.145. The largest absolute Gasteiger partial charge is 0.213 e. The van der Waals surface area contributed by atoms with Gasteiger partial charge in [-0.3, -0.25) is 0 Å². The van der Waals surface area contributed by atoms with Crippen LogP contribution in [0.4, 0.5) is 0 Å². The van der Waals surface area contributed by atoms with E-state index in [0.717, 1.165) is 25.7 Å². The molecule has 1 nitrogen and oxygen atoms in total. The fourth-order valence-electron chi connectivity index (χ4n) is 7.15. The standard InChI is InChI=1S/C43H48N/c1-6-9-10-32-11-13-34(14-12-32)35-15-17-36(18-16-35)37-19-21-38(22-20-37)39-23-24-40-30-43(7-2,8-3)44-26-25-33(27-31(4)5)28-42(44)41(40)29-39/h11-26,28-29,31H,6-10,27,30H2,1-5H3/q+1. The molecule has 4 aromatic carbocycles. The molecule has 1 aliphatic rings. The first-order chi connectivity index (χ1) is 21.4. The summed E-state index contributed by atoms with van der Waals surface area (Å²) in [5.41, 5.74) is 14.9. The second-order valence-corrected chi connectivity index (χ2v) is 13.3. The molecule has 6 rings (SSSR count). The van der Waals surface area contributed by atoms with E-state index in [9.17, 15) is 0 Å². The molecule has 1 heteroatoms. The Morgan fingerprint density at radius 3 is 1.66 bits per heavy atom. The van der Waals surface area contributed by atoms with Gasteiger partial charge in [0.15, 0.2) is 11.7 Å². The lowest BCUT2D eigenvalue weighted by atomic mass is 9.78. The van der Waals surface area contributed by atoms with Gasteiger partial charge in [0.1, 0.15) is 0 Å². The highest BCUT2D eigenvalue weighted by molar-refractivity contribution is 5.77. The Morgan fingerprint density at radius 2 is 1.14 bits per heavy atom. The maximum absolute atomic E-state index is 2.59. The van der Waals surface area contributed by atoms with E-state index in [-0.39, 0.29) is 5.54 Å². The van der Waals surface area contributed by atoms with Crippen LogP contribution in [0.2, 0.25) is 0 Å². The lowest BCUT2D eigenvalue weighted by Gasteiger charge is -2.33. The topological polar surface area (TPSA) is 3.88 Å². The molecule has 0 aliphatic carbocycles. The first kappa shape index (κ1) is 30.1. The zero-order chi connectivity index (χ0) is 30.7. The van der Waals surface area contributed by atoms with Gasteiger partial charge < -0.3 is 0 Å². The first-order valence-electron chi connectivity index (χ1n) is 16.9. The van der Waals surface area contributed by atoms with Crippen LogP contribution in [0.25, 0.3) is 44.6 Å². The van der Waals surface area contributed by atoms with Crippen molar-refractivity contribution >= 4 is 0 Å². The van der Waals surface area contributed by atoms with Gasteiger partial charge >= 0.3 is 0 Å². The number of benzene rings is 4. The zero-order valence-corrected chi connectivity index (χ0v) is 27.4. The second-order valence-electron chi connectivity index (χ2n) is 13.3. The summed E-state index contributed by atoms with van der Waals surface area (Å²) < 4.78 is 2.59. The monoisotopic (exact) mass is 578 g/mol. The molecule has 0 amide bonds. The maximum Gasteiger partial charge on any atom is 0.213 e. The third-order valence-corrected chi connectivity index (χ3v) is 9.94. The van der Waals surface area contributed by atoms with E-state index in [2.05, 4.69) is 149 Å². The Balaban J connectivity index is 1.26. The Bertz CT molecular complexity index is 1700. The molecule has 0 unspecified atom stereocenters. The van der Waals surface area contributed by atoms with E-state index in [1.54, 1.807) is 0 Å². The van der Waals surface area contributed by atoms with Crippen LogP contribution in [-0.2, 0) is 24.8 Å². The second kappa shape index (κ2) is 12.9. The lowest BCUT2D eigenvalue weighted by molar-refractivity contribution is -0.758. The average Bonchev–Trinajstić information content (AvgIpc) is 3.07. The molecule has 2 heterocycles. The van der Waals surface area contributed by atoms with Crippen molar-refractivity contribution in [1.29, 1.82) is 0 Å². The molecular formula is C43H48N+. The summed E-state index contributed by atoms with van der Waals surface area (Å²) in [5, 5.41) is 0. The fourth-order valence-corrected chi connectivity index (χ4v) is 7.15. The van der Waals surface area contributed by atoms with Crippen molar-refractivity contribution in [3.8, 4) is 44.6 Å². The van der Waals surface area contributed by atoms with Gasteiger partial charge in [0, 0.05) is 31.4 Å². The zero-order valence-electron chi connectivity index (χ0n) is 27.4. The predicted octanol–water partition coefficient (Wildman–Crippen LogP) is 11.3. The molecule has 1 aliphatic heterocycles. The number of hydrogen-bond acceptors (Lipinski definition) is 0. The van der Waals surface area contributed by atoms with E-state index < -0.39 is 0 Å². The van der Waals surface area contributed by atoms with Crippen LogP contribution >= 0.6 is 0 Å². The molecule has 1 aromatic heterocycles. The summed E-state index contributed by atoms with van der Waals surface area (Å²) in [6.07, 6.45) is 10.5. The highest BCUT2D eigenvalue weighted by atomic mass is 15.1. The van der Waals surface area contributed by atoms with Crippen molar-refractivity contribution < 1.29 is 4.57 Å². The molecule has 5 aromatic rings. The minimum absolute atomic E-state index is 0.148. The Labute approximate surface area is 265 Å². The van der Waals surface area contributed by atoms with Crippen LogP contribution in [-0.4, -0.2) is 0 Å². The number of rotatable bonds is 10. The number of nitrogens with zero attached hydrogens (tertiary/aromatic N) is 1. The van der Waals surface area contributed by atoms with Gasteiger partial charge in [-0.1, -0.05) is 126 Å². The minimum Gasteiger partial charge on any atom is -0.193 e. The molecule has 0 radical (unpaired) electrons.